The Kier molecular flexibility index (Phi) is 6.78. The van der Waals surface area contributed by atoms with E-state index < -0.39 is 12.0 Å². The third-order valence-corrected chi connectivity index (χ3v) is 7.91. The molecule has 4 N–H and O–H groups in total. The summed E-state index contributed by atoms with van der Waals surface area (Å²) in [6, 6.07) is 6.97. The van der Waals surface area contributed by atoms with Crippen LogP contribution in [0.25, 0.3) is 10.9 Å². The second-order valence-corrected chi connectivity index (χ2v) is 10.8. The molecule has 0 aliphatic carbocycles. The first-order valence-electron chi connectivity index (χ1n) is 12.1. The zero-order chi connectivity index (χ0) is 25.4. The number of carboxylic acids is 1. The average Bonchev–Trinajstić information content (AvgIpc) is 3.44. The van der Waals surface area contributed by atoms with Crippen LogP contribution in [0.15, 0.2) is 24.3 Å². The number of H-pyrrole nitrogens is 1. The van der Waals surface area contributed by atoms with E-state index in [1.54, 1.807) is 4.90 Å². The van der Waals surface area contributed by atoms with Gasteiger partial charge in [0.2, 0.25) is 0 Å². The standard InChI is InChI=1S/C25H30N6O4S/c1-14-3-4-16-15(9-14)10-19(26-16)23(34)27-17-6-8-31(13-22(32)33)11-20(17)28-24(35)25-29-18-5-7-30(2)12-21(18)36-25/h3-4,9-10,17,20,26H,5-8,11-13H2,1-2H3,(H,27,34)(H,28,35)(H,32,33)/t17-,20+/m0/s1. The summed E-state index contributed by atoms with van der Waals surface area (Å²) < 4.78 is 0. The molecule has 0 spiro atoms. The number of rotatable bonds is 6. The van der Waals surface area contributed by atoms with Gasteiger partial charge in [0.05, 0.1) is 24.3 Å². The number of thiazole rings is 1. The largest absolute Gasteiger partial charge is 0.480 e. The molecule has 2 atom stereocenters. The molecule has 2 amide bonds. The highest BCUT2D eigenvalue weighted by atomic mass is 32.1. The first-order chi connectivity index (χ1) is 17.2. The van der Waals surface area contributed by atoms with Gasteiger partial charge in [-0.25, -0.2) is 4.98 Å². The molecular weight excluding hydrogens is 480 g/mol. The van der Waals surface area contributed by atoms with Gasteiger partial charge in [-0.3, -0.25) is 19.3 Å². The number of nitrogens with one attached hydrogen (secondary N) is 3. The molecule has 2 aliphatic heterocycles. The summed E-state index contributed by atoms with van der Waals surface area (Å²) in [5, 5.41) is 16.7. The van der Waals surface area contributed by atoms with Crippen molar-refractivity contribution in [3.05, 3.63) is 51.1 Å². The lowest BCUT2D eigenvalue weighted by Crippen LogP contribution is -2.61. The van der Waals surface area contributed by atoms with E-state index in [0.29, 0.717) is 30.2 Å². The summed E-state index contributed by atoms with van der Waals surface area (Å²) in [6.45, 7) is 4.40. The molecule has 2 aromatic heterocycles. The van der Waals surface area contributed by atoms with Crippen molar-refractivity contribution >= 4 is 40.0 Å². The summed E-state index contributed by atoms with van der Waals surface area (Å²) in [4.78, 5) is 50.4. The molecule has 1 saturated heterocycles. The van der Waals surface area contributed by atoms with E-state index >= 15 is 0 Å². The molecule has 36 heavy (non-hydrogen) atoms. The van der Waals surface area contributed by atoms with Crippen molar-refractivity contribution in [3.63, 3.8) is 0 Å². The van der Waals surface area contributed by atoms with Crippen molar-refractivity contribution in [2.24, 2.45) is 0 Å². The zero-order valence-electron chi connectivity index (χ0n) is 20.3. The molecule has 1 aromatic carbocycles. The fraction of sp³-hybridized carbons (Fsp3) is 0.440. The molecular formula is C25H30N6O4S. The maximum Gasteiger partial charge on any atom is 0.317 e. The van der Waals surface area contributed by atoms with Gasteiger partial charge < -0.3 is 25.6 Å². The van der Waals surface area contributed by atoms with Gasteiger partial charge in [-0.05, 0) is 38.6 Å². The summed E-state index contributed by atoms with van der Waals surface area (Å²) in [7, 11) is 2.04. The lowest BCUT2D eigenvalue weighted by molar-refractivity contribution is -0.138. The van der Waals surface area contributed by atoms with E-state index in [0.717, 1.165) is 46.5 Å². The van der Waals surface area contributed by atoms with E-state index in [1.807, 2.05) is 38.2 Å². The normalized spacial score (nSPS) is 20.7. The number of aliphatic carboxylic acids is 1. The van der Waals surface area contributed by atoms with Crippen LogP contribution in [-0.4, -0.2) is 88.0 Å². The molecule has 5 rings (SSSR count). The second-order valence-electron chi connectivity index (χ2n) is 9.73. The van der Waals surface area contributed by atoms with Crippen molar-refractivity contribution in [3.8, 4) is 0 Å². The van der Waals surface area contributed by atoms with Crippen molar-refractivity contribution < 1.29 is 19.5 Å². The molecule has 1 fully saturated rings. The van der Waals surface area contributed by atoms with Gasteiger partial charge in [-0.15, -0.1) is 11.3 Å². The molecule has 4 heterocycles. The van der Waals surface area contributed by atoms with Gasteiger partial charge in [0.1, 0.15) is 5.69 Å². The van der Waals surface area contributed by atoms with Gasteiger partial charge in [0, 0.05) is 48.4 Å². The maximum absolute atomic E-state index is 13.2. The van der Waals surface area contributed by atoms with Crippen LogP contribution in [0.1, 0.15) is 42.8 Å². The number of carbonyl (C=O) groups is 3. The smallest absolute Gasteiger partial charge is 0.317 e. The van der Waals surface area contributed by atoms with E-state index in [1.165, 1.54) is 11.3 Å². The molecule has 190 valence electrons. The number of hydrogen-bond donors (Lipinski definition) is 4. The van der Waals surface area contributed by atoms with Crippen LogP contribution >= 0.6 is 11.3 Å². The van der Waals surface area contributed by atoms with Gasteiger partial charge in [0.25, 0.3) is 11.8 Å². The fourth-order valence-corrected chi connectivity index (χ4v) is 6.04. The zero-order valence-corrected chi connectivity index (χ0v) is 21.2. The minimum Gasteiger partial charge on any atom is -0.480 e. The molecule has 0 saturated carbocycles. The van der Waals surface area contributed by atoms with Crippen LogP contribution in [0.2, 0.25) is 0 Å². The molecule has 3 aromatic rings. The van der Waals surface area contributed by atoms with E-state index in [2.05, 4.69) is 25.5 Å². The number of piperidine rings is 1. The third-order valence-electron chi connectivity index (χ3n) is 6.83. The van der Waals surface area contributed by atoms with Crippen molar-refractivity contribution in [2.75, 3.05) is 33.2 Å². The Balaban J connectivity index is 1.32. The summed E-state index contributed by atoms with van der Waals surface area (Å²) in [5.41, 5.74) is 3.41. The minimum absolute atomic E-state index is 0.119. The average molecular weight is 511 g/mol. The third kappa shape index (κ3) is 5.28. The predicted octanol–water partition coefficient (Wildman–Crippen LogP) is 1.61. The van der Waals surface area contributed by atoms with Crippen LogP contribution in [0.3, 0.4) is 0 Å². The lowest BCUT2D eigenvalue weighted by atomic mass is 9.98. The van der Waals surface area contributed by atoms with E-state index in [4.69, 9.17) is 0 Å². The Morgan fingerprint density at radius 1 is 1.17 bits per heavy atom. The van der Waals surface area contributed by atoms with Crippen molar-refractivity contribution in [1.82, 2.24) is 30.4 Å². The first kappa shape index (κ1) is 24.4. The number of hydrogen-bond acceptors (Lipinski definition) is 7. The number of aryl methyl sites for hydroxylation is 1. The lowest BCUT2D eigenvalue weighted by Gasteiger charge is -2.38. The Morgan fingerprint density at radius 2 is 1.97 bits per heavy atom. The minimum atomic E-state index is -0.923. The number of amides is 2. The number of likely N-dealkylation sites (tertiary alicyclic amines) is 1. The Bertz CT molecular complexity index is 1320. The molecule has 0 bridgehead atoms. The number of carboxylic acid groups (broad SMARTS) is 1. The van der Waals surface area contributed by atoms with Crippen LogP contribution in [0.5, 0.6) is 0 Å². The quantitative estimate of drug-likeness (QED) is 0.396. The fourth-order valence-electron chi connectivity index (χ4n) is 4.94. The molecule has 0 unspecified atom stereocenters. The first-order valence-corrected chi connectivity index (χ1v) is 12.9. The monoisotopic (exact) mass is 510 g/mol. The number of benzene rings is 1. The number of fused-ring (bicyclic) bond motifs is 2. The summed E-state index contributed by atoms with van der Waals surface area (Å²) in [6.07, 6.45) is 1.33. The Labute approximate surface area is 212 Å². The highest BCUT2D eigenvalue weighted by Gasteiger charge is 2.34. The van der Waals surface area contributed by atoms with Crippen LogP contribution in [-0.2, 0) is 17.8 Å². The van der Waals surface area contributed by atoms with Gasteiger partial charge in [-0.2, -0.15) is 0 Å². The number of aromatic amines is 1. The molecule has 11 heteroatoms. The topological polar surface area (TPSA) is 131 Å². The number of carbonyl (C=O) groups excluding carboxylic acids is 2. The molecule has 10 nitrogen and oxygen atoms in total. The maximum atomic E-state index is 13.2. The molecule has 0 radical (unpaired) electrons. The van der Waals surface area contributed by atoms with Crippen LogP contribution in [0.4, 0.5) is 0 Å². The Hall–Kier alpha value is -3.28. The molecule has 2 aliphatic rings. The van der Waals surface area contributed by atoms with Gasteiger partial charge >= 0.3 is 5.97 Å². The van der Waals surface area contributed by atoms with Crippen LogP contribution < -0.4 is 10.6 Å². The summed E-state index contributed by atoms with van der Waals surface area (Å²) >= 11 is 1.40. The predicted molar refractivity (Wildman–Crippen MR) is 136 cm³/mol. The number of nitrogens with zero attached hydrogens (tertiary/aromatic N) is 3. The Morgan fingerprint density at radius 3 is 2.78 bits per heavy atom. The van der Waals surface area contributed by atoms with Crippen molar-refractivity contribution in [2.45, 2.75) is 38.4 Å². The second kappa shape index (κ2) is 10.00. The highest BCUT2D eigenvalue weighted by Crippen LogP contribution is 2.25. The van der Waals surface area contributed by atoms with E-state index in [-0.39, 0.29) is 24.4 Å². The van der Waals surface area contributed by atoms with Gasteiger partial charge in [0.15, 0.2) is 5.01 Å². The van der Waals surface area contributed by atoms with Gasteiger partial charge in [-0.1, -0.05) is 11.6 Å². The number of aromatic nitrogens is 2. The SMILES string of the molecule is Cc1ccc2[nH]c(C(=O)N[C@H]3CCN(CC(=O)O)C[C@H]3NC(=O)c3nc4c(s3)CN(C)CC4)cc2c1. The van der Waals surface area contributed by atoms with Crippen molar-refractivity contribution in [1.29, 1.82) is 0 Å². The number of likely N-dealkylation sites (N-methyl/N-ethyl adjacent to an activating group) is 1. The highest BCUT2D eigenvalue weighted by molar-refractivity contribution is 7.13. The summed E-state index contributed by atoms with van der Waals surface area (Å²) in [5.74, 6) is -1.47. The van der Waals surface area contributed by atoms with Crippen LogP contribution in [0, 0.1) is 6.92 Å². The van der Waals surface area contributed by atoms with E-state index in [9.17, 15) is 19.5 Å².